The molecule has 1 rings (SSSR count). The third-order valence-electron chi connectivity index (χ3n) is 1.69. The number of nitrogens with one attached hydrogen (secondary N) is 1. The molecule has 4 heteroatoms. The van der Waals surface area contributed by atoms with E-state index >= 15 is 0 Å². The van der Waals surface area contributed by atoms with Crippen LogP contribution in [-0.4, -0.2) is 11.5 Å². The lowest BCUT2D eigenvalue weighted by Crippen LogP contribution is -2.19. The summed E-state index contributed by atoms with van der Waals surface area (Å²) in [6.45, 7) is 4.79. The number of nitriles is 1. The maximum absolute atomic E-state index is 8.35. The highest BCUT2D eigenvalue weighted by Crippen LogP contribution is 2.16. The van der Waals surface area contributed by atoms with E-state index in [2.05, 4.69) is 23.3 Å². The molecule has 3 nitrogen and oxygen atoms in total. The molecular weight excluding hydrogens is 182 g/mol. The van der Waals surface area contributed by atoms with Gasteiger partial charge in [0.15, 0.2) is 0 Å². The minimum atomic E-state index is 0.257. The van der Waals surface area contributed by atoms with Gasteiger partial charge in [-0.2, -0.15) is 5.26 Å². The molecule has 13 heavy (non-hydrogen) atoms. The molecule has 0 saturated heterocycles. The Labute approximate surface area is 82.4 Å². The van der Waals surface area contributed by atoms with Crippen LogP contribution in [0.5, 0.6) is 0 Å². The predicted molar refractivity (Wildman–Crippen MR) is 53.5 cm³/mol. The normalized spacial score (nSPS) is 12.4. The van der Waals surface area contributed by atoms with Gasteiger partial charge in [-0.1, -0.05) is 0 Å². The molecule has 1 heterocycles. The molecule has 0 spiro atoms. The van der Waals surface area contributed by atoms with Crippen molar-refractivity contribution in [2.24, 2.45) is 0 Å². The number of thiazole rings is 1. The van der Waals surface area contributed by atoms with Crippen LogP contribution < -0.4 is 5.32 Å². The predicted octanol–water partition coefficient (Wildman–Crippen LogP) is 2.02. The average molecular weight is 195 g/mol. The Kier molecular flexibility index (Phi) is 3.87. The zero-order chi connectivity index (χ0) is 9.68. The van der Waals surface area contributed by atoms with E-state index in [4.69, 9.17) is 5.26 Å². The van der Waals surface area contributed by atoms with Gasteiger partial charge in [-0.25, -0.2) is 4.98 Å². The smallest absolute Gasteiger partial charge is 0.110 e. The molecule has 1 unspecified atom stereocenters. The number of aromatic nitrogens is 1. The monoisotopic (exact) mass is 195 g/mol. The second-order valence-corrected chi connectivity index (χ2v) is 3.80. The first kappa shape index (κ1) is 10.2. The van der Waals surface area contributed by atoms with Crippen LogP contribution in [0.25, 0.3) is 0 Å². The topological polar surface area (TPSA) is 48.7 Å². The van der Waals surface area contributed by atoms with Crippen LogP contribution in [0, 0.1) is 18.3 Å². The quantitative estimate of drug-likeness (QED) is 0.748. The van der Waals surface area contributed by atoms with E-state index in [-0.39, 0.29) is 6.04 Å². The van der Waals surface area contributed by atoms with Gasteiger partial charge < -0.3 is 5.32 Å². The second-order valence-electron chi connectivity index (χ2n) is 2.91. The van der Waals surface area contributed by atoms with E-state index in [1.54, 1.807) is 11.3 Å². The molecule has 0 aliphatic rings. The molecule has 0 radical (unpaired) electrons. The number of nitrogens with zero attached hydrogens (tertiary/aromatic N) is 2. The summed E-state index contributed by atoms with van der Waals surface area (Å²) >= 11 is 1.66. The van der Waals surface area contributed by atoms with E-state index in [9.17, 15) is 0 Å². The van der Waals surface area contributed by atoms with Crippen molar-refractivity contribution in [3.63, 3.8) is 0 Å². The Bertz CT molecular complexity index is 300. The summed E-state index contributed by atoms with van der Waals surface area (Å²) in [5, 5.41) is 14.7. The largest absolute Gasteiger partial charge is 0.307 e. The van der Waals surface area contributed by atoms with Gasteiger partial charge in [0.2, 0.25) is 0 Å². The molecule has 0 bridgehead atoms. The third-order valence-corrected chi connectivity index (χ3v) is 2.84. The van der Waals surface area contributed by atoms with Crippen molar-refractivity contribution in [3.05, 3.63) is 16.1 Å². The van der Waals surface area contributed by atoms with Gasteiger partial charge in [0.05, 0.1) is 12.1 Å². The van der Waals surface area contributed by atoms with Crippen LogP contribution in [0.15, 0.2) is 5.38 Å². The Hall–Kier alpha value is -0.920. The molecule has 0 aliphatic carbocycles. The minimum Gasteiger partial charge on any atom is -0.307 e. The fourth-order valence-electron chi connectivity index (χ4n) is 1.00. The van der Waals surface area contributed by atoms with E-state index in [0.717, 1.165) is 17.2 Å². The van der Waals surface area contributed by atoms with Crippen molar-refractivity contribution in [1.82, 2.24) is 10.3 Å². The van der Waals surface area contributed by atoms with Crippen LogP contribution in [-0.2, 0) is 0 Å². The summed E-state index contributed by atoms with van der Waals surface area (Å²) in [7, 11) is 0. The highest BCUT2D eigenvalue weighted by atomic mass is 32.1. The van der Waals surface area contributed by atoms with E-state index in [0.29, 0.717) is 6.42 Å². The van der Waals surface area contributed by atoms with Crippen LogP contribution >= 0.6 is 11.3 Å². The lowest BCUT2D eigenvalue weighted by molar-refractivity contribution is 0.579. The van der Waals surface area contributed by atoms with Crippen LogP contribution in [0.2, 0.25) is 0 Å². The molecule has 0 fully saturated rings. The number of rotatable bonds is 4. The van der Waals surface area contributed by atoms with E-state index in [1.165, 1.54) is 0 Å². The molecule has 1 N–H and O–H groups in total. The lowest BCUT2D eigenvalue weighted by Gasteiger charge is -2.08. The summed E-state index contributed by atoms with van der Waals surface area (Å²) in [6, 6.07) is 2.36. The molecule has 70 valence electrons. The van der Waals surface area contributed by atoms with E-state index in [1.807, 2.05) is 12.3 Å². The first-order chi connectivity index (χ1) is 6.24. The number of hydrogen-bond donors (Lipinski definition) is 1. The highest BCUT2D eigenvalue weighted by Gasteiger charge is 2.07. The fourth-order valence-corrected chi connectivity index (χ4v) is 1.83. The third kappa shape index (κ3) is 3.13. The van der Waals surface area contributed by atoms with Crippen molar-refractivity contribution >= 4 is 11.3 Å². The van der Waals surface area contributed by atoms with Gasteiger partial charge >= 0.3 is 0 Å². The van der Waals surface area contributed by atoms with Crippen molar-refractivity contribution in [1.29, 1.82) is 5.26 Å². The molecule has 0 aliphatic heterocycles. The fraction of sp³-hybridized carbons (Fsp3) is 0.556. The Morgan fingerprint density at radius 3 is 3.08 bits per heavy atom. The zero-order valence-corrected chi connectivity index (χ0v) is 8.69. The Morgan fingerprint density at radius 1 is 1.77 bits per heavy atom. The lowest BCUT2D eigenvalue weighted by atomic mass is 10.3. The maximum atomic E-state index is 8.35. The first-order valence-electron chi connectivity index (χ1n) is 4.26. The minimum absolute atomic E-state index is 0.257. The summed E-state index contributed by atoms with van der Waals surface area (Å²) < 4.78 is 0. The summed E-state index contributed by atoms with van der Waals surface area (Å²) in [4.78, 5) is 4.36. The van der Waals surface area contributed by atoms with Gasteiger partial charge in [0.1, 0.15) is 5.01 Å². The molecule has 0 aromatic carbocycles. The highest BCUT2D eigenvalue weighted by molar-refractivity contribution is 7.09. The first-order valence-corrected chi connectivity index (χ1v) is 5.14. The van der Waals surface area contributed by atoms with Gasteiger partial charge in [-0.05, 0) is 13.8 Å². The SMILES string of the molecule is Cc1csc(C(C)NCCC#N)n1. The van der Waals surface area contributed by atoms with Gasteiger partial charge in [0.25, 0.3) is 0 Å². The van der Waals surface area contributed by atoms with Crippen molar-refractivity contribution < 1.29 is 0 Å². The summed E-state index contributed by atoms with van der Waals surface area (Å²) in [6.07, 6.45) is 0.550. The average Bonchev–Trinajstić information content (AvgIpc) is 2.52. The summed E-state index contributed by atoms with van der Waals surface area (Å²) in [5.41, 5.74) is 1.06. The van der Waals surface area contributed by atoms with Crippen LogP contribution in [0.3, 0.4) is 0 Å². The summed E-state index contributed by atoms with van der Waals surface area (Å²) in [5.74, 6) is 0. The molecule has 1 aromatic rings. The van der Waals surface area contributed by atoms with E-state index < -0.39 is 0 Å². The van der Waals surface area contributed by atoms with Crippen molar-refractivity contribution in [3.8, 4) is 6.07 Å². The number of aryl methyl sites for hydroxylation is 1. The second kappa shape index (κ2) is 4.95. The maximum Gasteiger partial charge on any atom is 0.110 e. The molecule has 0 amide bonds. The zero-order valence-electron chi connectivity index (χ0n) is 7.87. The van der Waals surface area contributed by atoms with Crippen LogP contribution in [0.1, 0.15) is 30.1 Å². The molecule has 1 aromatic heterocycles. The van der Waals surface area contributed by atoms with Gasteiger partial charge in [-0.15, -0.1) is 11.3 Å². The Morgan fingerprint density at radius 2 is 2.54 bits per heavy atom. The van der Waals surface area contributed by atoms with Crippen molar-refractivity contribution in [2.75, 3.05) is 6.54 Å². The molecule has 1 atom stereocenters. The number of hydrogen-bond acceptors (Lipinski definition) is 4. The van der Waals surface area contributed by atoms with Gasteiger partial charge in [0, 0.05) is 24.0 Å². The van der Waals surface area contributed by atoms with Crippen LogP contribution in [0.4, 0.5) is 0 Å². The Balaban J connectivity index is 2.40. The van der Waals surface area contributed by atoms with Crippen molar-refractivity contribution in [2.45, 2.75) is 26.3 Å². The molecular formula is C9H13N3S. The standard InChI is InChI=1S/C9H13N3S/c1-7-6-13-9(12-7)8(2)11-5-3-4-10/h6,8,11H,3,5H2,1-2H3. The van der Waals surface area contributed by atoms with Gasteiger partial charge in [-0.3, -0.25) is 0 Å². The molecule has 0 saturated carbocycles.